The summed E-state index contributed by atoms with van der Waals surface area (Å²) in [5, 5.41) is 0.287. The fraction of sp³-hybridized carbons (Fsp3) is 0.538. The minimum atomic E-state index is -0.777. The lowest BCUT2D eigenvalue weighted by Gasteiger charge is -2.17. The minimum absolute atomic E-state index is 0.240. The lowest BCUT2D eigenvalue weighted by Crippen LogP contribution is -2.30. The molecule has 0 aliphatic heterocycles. The molecule has 1 saturated carbocycles. The van der Waals surface area contributed by atoms with Crippen molar-refractivity contribution in [3.05, 3.63) is 35.9 Å². The Morgan fingerprint density at radius 3 is 2.56 bits per heavy atom. The molecule has 0 spiro atoms. The molecule has 4 unspecified atom stereocenters. The normalized spacial score (nSPS) is 31.5. The van der Waals surface area contributed by atoms with Gasteiger partial charge in [-0.3, -0.25) is 4.21 Å². The van der Waals surface area contributed by atoms with E-state index in [1.165, 1.54) is 0 Å². The van der Waals surface area contributed by atoms with E-state index in [1.807, 2.05) is 30.3 Å². The second-order valence-corrected chi connectivity index (χ2v) is 6.31. The standard InChI is InChI=1S/C13H19NOS/c1-10-12(14)7-8-13(10)16(15)9-11-5-3-2-4-6-11/h2-6,10,12-13H,7-9,14H2,1H3. The Labute approximate surface area is 99.7 Å². The molecule has 2 N–H and O–H groups in total. The smallest absolute Gasteiger partial charge is 0.0488 e. The van der Waals surface area contributed by atoms with E-state index >= 15 is 0 Å². The highest BCUT2D eigenvalue weighted by atomic mass is 32.2. The molecule has 88 valence electrons. The molecule has 0 saturated heterocycles. The van der Waals surface area contributed by atoms with Crippen LogP contribution in [0, 0.1) is 5.92 Å². The second kappa shape index (κ2) is 5.11. The molecule has 0 heterocycles. The zero-order valence-corrected chi connectivity index (χ0v) is 10.5. The first-order chi connectivity index (χ1) is 7.68. The molecule has 1 aromatic carbocycles. The van der Waals surface area contributed by atoms with Gasteiger partial charge in [-0.05, 0) is 24.3 Å². The molecule has 0 radical (unpaired) electrons. The first kappa shape index (κ1) is 11.8. The number of hydrogen-bond donors (Lipinski definition) is 1. The average Bonchev–Trinajstić information content (AvgIpc) is 2.61. The van der Waals surface area contributed by atoms with Crippen molar-refractivity contribution in [2.45, 2.75) is 36.8 Å². The number of rotatable bonds is 3. The maximum Gasteiger partial charge on any atom is 0.0488 e. The van der Waals surface area contributed by atoms with E-state index in [-0.39, 0.29) is 11.3 Å². The van der Waals surface area contributed by atoms with Gasteiger partial charge in [0.15, 0.2) is 0 Å². The van der Waals surface area contributed by atoms with E-state index in [4.69, 9.17) is 5.73 Å². The highest BCUT2D eigenvalue weighted by molar-refractivity contribution is 7.84. The first-order valence-corrected chi connectivity index (χ1v) is 7.23. The van der Waals surface area contributed by atoms with Crippen LogP contribution in [0.3, 0.4) is 0 Å². The molecule has 0 amide bonds. The topological polar surface area (TPSA) is 43.1 Å². The summed E-state index contributed by atoms with van der Waals surface area (Å²) >= 11 is 0. The molecule has 3 heteroatoms. The van der Waals surface area contributed by atoms with E-state index in [0.29, 0.717) is 11.7 Å². The summed E-state index contributed by atoms with van der Waals surface area (Å²) in [6.07, 6.45) is 2.04. The largest absolute Gasteiger partial charge is 0.327 e. The van der Waals surface area contributed by atoms with Gasteiger partial charge in [-0.1, -0.05) is 37.3 Å². The van der Waals surface area contributed by atoms with E-state index in [0.717, 1.165) is 18.4 Å². The average molecular weight is 237 g/mol. The Kier molecular flexibility index (Phi) is 3.77. The highest BCUT2D eigenvalue weighted by Gasteiger charge is 2.34. The van der Waals surface area contributed by atoms with Crippen LogP contribution in [-0.4, -0.2) is 15.5 Å². The molecular formula is C13H19NOS. The third kappa shape index (κ3) is 2.53. The Hall–Kier alpha value is -0.670. The van der Waals surface area contributed by atoms with Gasteiger partial charge in [0, 0.05) is 27.8 Å². The van der Waals surface area contributed by atoms with Crippen LogP contribution in [0.15, 0.2) is 30.3 Å². The Balaban J connectivity index is 1.99. The predicted octanol–water partition coefficient (Wildman–Crippen LogP) is 2.06. The quantitative estimate of drug-likeness (QED) is 0.874. The summed E-state index contributed by atoms with van der Waals surface area (Å²) in [7, 11) is -0.777. The van der Waals surface area contributed by atoms with Crippen molar-refractivity contribution in [3.63, 3.8) is 0 Å². The van der Waals surface area contributed by atoms with Crippen LogP contribution in [0.25, 0.3) is 0 Å². The highest BCUT2D eigenvalue weighted by Crippen LogP contribution is 2.29. The van der Waals surface area contributed by atoms with E-state index in [1.54, 1.807) is 0 Å². The van der Waals surface area contributed by atoms with E-state index < -0.39 is 10.8 Å². The molecule has 16 heavy (non-hydrogen) atoms. The zero-order valence-electron chi connectivity index (χ0n) is 9.63. The van der Waals surface area contributed by atoms with E-state index in [9.17, 15) is 4.21 Å². The second-order valence-electron chi connectivity index (χ2n) is 4.65. The van der Waals surface area contributed by atoms with Crippen LogP contribution < -0.4 is 5.73 Å². The Morgan fingerprint density at radius 1 is 1.31 bits per heavy atom. The van der Waals surface area contributed by atoms with Gasteiger partial charge < -0.3 is 5.73 Å². The molecule has 1 fully saturated rings. The Morgan fingerprint density at radius 2 is 2.00 bits per heavy atom. The molecule has 0 bridgehead atoms. The van der Waals surface area contributed by atoms with Gasteiger partial charge in [0.2, 0.25) is 0 Å². The molecule has 1 aliphatic carbocycles. The monoisotopic (exact) mass is 237 g/mol. The minimum Gasteiger partial charge on any atom is -0.327 e. The van der Waals surface area contributed by atoms with Gasteiger partial charge in [0.05, 0.1) is 0 Å². The van der Waals surface area contributed by atoms with Crippen molar-refractivity contribution in [1.82, 2.24) is 0 Å². The van der Waals surface area contributed by atoms with Gasteiger partial charge in [0.25, 0.3) is 0 Å². The number of hydrogen-bond acceptors (Lipinski definition) is 2. The van der Waals surface area contributed by atoms with Crippen LogP contribution in [0.1, 0.15) is 25.3 Å². The molecule has 2 rings (SSSR count). The molecule has 0 aromatic heterocycles. The molecule has 1 aromatic rings. The fourth-order valence-electron chi connectivity index (χ4n) is 2.37. The maximum atomic E-state index is 12.2. The number of benzene rings is 1. The van der Waals surface area contributed by atoms with Crippen molar-refractivity contribution < 1.29 is 4.21 Å². The lowest BCUT2D eigenvalue weighted by atomic mass is 10.1. The molecular weight excluding hydrogens is 218 g/mol. The summed E-state index contributed by atoms with van der Waals surface area (Å²) in [6, 6.07) is 10.3. The third-order valence-electron chi connectivity index (χ3n) is 3.54. The van der Waals surface area contributed by atoms with Gasteiger partial charge in [-0.15, -0.1) is 0 Å². The molecule has 4 atom stereocenters. The van der Waals surface area contributed by atoms with Gasteiger partial charge in [0.1, 0.15) is 0 Å². The van der Waals surface area contributed by atoms with Crippen LogP contribution in [0.5, 0.6) is 0 Å². The fourth-order valence-corrected chi connectivity index (χ4v) is 4.19. The SMILES string of the molecule is CC1C(N)CCC1S(=O)Cc1ccccc1. The van der Waals surface area contributed by atoms with Gasteiger partial charge in [-0.2, -0.15) is 0 Å². The van der Waals surface area contributed by atoms with E-state index in [2.05, 4.69) is 6.92 Å². The van der Waals surface area contributed by atoms with Crippen molar-refractivity contribution in [1.29, 1.82) is 0 Å². The molecule has 1 aliphatic rings. The van der Waals surface area contributed by atoms with Crippen molar-refractivity contribution >= 4 is 10.8 Å². The predicted molar refractivity (Wildman–Crippen MR) is 68.4 cm³/mol. The van der Waals surface area contributed by atoms with Crippen molar-refractivity contribution in [2.75, 3.05) is 0 Å². The summed E-state index contributed by atoms with van der Waals surface area (Å²) in [5.74, 6) is 1.06. The number of nitrogens with two attached hydrogens (primary N) is 1. The summed E-state index contributed by atoms with van der Waals surface area (Å²) in [5.41, 5.74) is 7.13. The molecule has 2 nitrogen and oxygen atoms in total. The van der Waals surface area contributed by atoms with Crippen LogP contribution >= 0.6 is 0 Å². The van der Waals surface area contributed by atoms with Crippen molar-refractivity contribution in [3.8, 4) is 0 Å². The Bertz CT molecular complexity index is 365. The zero-order chi connectivity index (χ0) is 11.5. The van der Waals surface area contributed by atoms with Crippen LogP contribution in [-0.2, 0) is 16.6 Å². The van der Waals surface area contributed by atoms with Crippen LogP contribution in [0.4, 0.5) is 0 Å². The van der Waals surface area contributed by atoms with Crippen molar-refractivity contribution in [2.24, 2.45) is 11.7 Å². The van der Waals surface area contributed by atoms with Gasteiger partial charge in [-0.25, -0.2) is 0 Å². The summed E-state index contributed by atoms with van der Waals surface area (Å²) < 4.78 is 12.2. The first-order valence-electron chi connectivity index (χ1n) is 5.85. The summed E-state index contributed by atoms with van der Waals surface area (Å²) in [4.78, 5) is 0. The van der Waals surface area contributed by atoms with Crippen LogP contribution in [0.2, 0.25) is 0 Å². The van der Waals surface area contributed by atoms with Gasteiger partial charge >= 0.3 is 0 Å². The lowest BCUT2D eigenvalue weighted by molar-refractivity contribution is 0.526. The third-order valence-corrected chi connectivity index (χ3v) is 5.49. The summed E-state index contributed by atoms with van der Waals surface area (Å²) in [6.45, 7) is 2.13. The maximum absolute atomic E-state index is 12.2.